The fourth-order valence-corrected chi connectivity index (χ4v) is 7.42. The molecule has 1 saturated heterocycles. The van der Waals surface area contributed by atoms with Gasteiger partial charge in [-0.25, -0.2) is 14.4 Å². The molecule has 0 bridgehead atoms. The van der Waals surface area contributed by atoms with Crippen LogP contribution in [0.25, 0.3) is 5.57 Å². The van der Waals surface area contributed by atoms with Crippen LogP contribution in [0.4, 0.5) is 37.1 Å². The average molecular weight is 923 g/mol. The number of carbonyl (C=O) groups excluding carboxylic acids is 5. The molecule has 2 heterocycles. The second-order valence-electron chi connectivity index (χ2n) is 18.4. The van der Waals surface area contributed by atoms with E-state index in [0.29, 0.717) is 59.3 Å². The maximum absolute atomic E-state index is 12.9. The van der Waals surface area contributed by atoms with E-state index in [0.717, 1.165) is 42.6 Å². The van der Waals surface area contributed by atoms with E-state index in [1.165, 1.54) is 5.56 Å². The van der Waals surface area contributed by atoms with Crippen LogP contribution in [0.15, 0.2) is 133 Å². The minimum atomic E-state index is -0.637. The van der Waals surface area contributed by atoms with Gasteiger partial charge in [-0.05, 0) is 151 Å². The van der Waals surface area contributed by atoms with E-state index >= 15 is 0 Å². The van der Waals surface area contributed by atoms with E-state index in [1.807, 2.05) is 72.8 Å². The number of ether oxygens (including phenoxy) is 3. The number of para-hydroxylation sites is 4. The largest absolute Gasteiger partial charge is 0.445 e. The van der Waals surface area contributed by atoms with E-state index in [9.17, 15) is 24.0 Å². The molecule has 356 valence electrons. The predicted octanol–water partition coefficient (Wildman–Crippen LogP) is 11.5. The quantitative estimate of drug-likeness (QED) is 0.0853. The highest BCUT2D eigenvalue weighted by Gasteiger charge is 2.22. The van der Waals surface area contributed by atoms with Gasteiger partial charge in [0.15, 0.2) is 0 Å². The molecule has 0 aromatic heterocycles. The van der Waals surface area contributed by atoms with Gasteiger partial charge in [-0.3, -0.25) is 20.2 Å². The molecule has 5 amide bonds. The Morgan fingerprint density at radius 3 is 1.50 bits per heavy atom. The maximum Gasteiger partial charge on any atom is 0.412 e. The van der Waals surface area contributed by atoms with Crippen molar-refractivity contribution in [3.8, 4) is 0 Å². The van der Waals surface area contributed by atoms with Crippen molar-refractivity contribution in [3.63, 3.8) is 0 Å². The summed E-state index contributed by atoms with van der Waals surface area (Å²) < 4.78 is 16.0. The highest BCUT2D eigenvalue weighted by atomic mass is 16.6. The molecule has 5 aromatic rings. The summed E-state index contributed by atoms with van der Waals surface area (Å²) in [4.78, 5) is 64.0. The van der Waals surface area contributed by atoms with E-state index in [-0.39, 0.29) is 24.5 Å². The maximum atomic E-state index is 12.9. The van der Waals surface area contributed by atoms with Crippen LogP contribution in [0.5, 0.6) is 0 Å². The average Bonchev–Trinajstić information content (AvgIpc) is 3.32. The fraction of sp³-hybridized carbons (Fsp3) is 0.315. The molecule has 0 atom stereocenters. The number of benzene rings is 5. The highest BCUT2D eigenvalue weighted by Crippen LogP contribution is 2.28. The number of hydrogen-bond donors (Lipinski definition) is 5. The number of nitrogens with one attached hydrogen (secondary N) is 5. The topological polar surface area (TPSA) is 176 Å². The minimum absolute atomic E-state index is 0.222. The van der Waals surface area contributed by atoms with Crippen LogP contribution in [-0.2, 0) is 20.8 Å². The second kappa shape index (κ2) is 23.3. The first-order valence-corrected chi connectivity index (χ1v) is 22.9. The van der Waals surface area contributed by atoms with Gasteiger partial charge in [-0.2, -0.15) is 0 Å². The molecular weight excluding hydrogens is 861 g/mol. The first-order chi connectivity index (χ1) is 32.5. The first-order valence-electron chi connectivity index (χ1n) is 22.9. The molecule has 0 saturated carbocycles. The lowest BCUT2D eigenvalue weighted by atomic mass is 9.90. The molecule has 0 unspecified atom stereocenters. The van der Waals surface area contributed by atoms with Gasteiger partial charge < -0.3 is 35.1 Å². The number of amides is 5. The number of nitrogens with zero attached hydrogens (tertiary/aromatic N) is 1. The Kier molecular flexibility index (Phi) is 17.1. The summed E-state index contributed by atoms with van der Waals surface area (Å²) in [5.74, 6) is 0.0253. The highest BCUT2D eigenvalue weighted by molar-refractivity contribution is 6.08. The van der Waals surface area contributed by atoms with Gasteiger partial charge in [0.25, 0.3) is 11.8 Å². The summed E-state index contributed by atoms with van der Waals surface area (Å²) >= 11 is 0. The summed E-state index contributed by atoms with van der Waals surface area (Å²) in [7, 11) is 0. The monoisotopic (exact) mass is 922 g/mol. The van der Waals surface area contributed by atoms with Gasteiger partial charge in [0.1, 0.15) is 17.8 Å². The molecule has 14 nitrogen and oxygen atoms in total. The lowest BCUT2D eigenvalue weighted by Gasteiger charge is -2.26. The third kappa shape index (κ3) is 15.6. The standard InChI is InChI=1S/C31H33N3O5.C23H29N3O3/c1-31(2,3)39-29(36)33-27-12-8-7-11-26(27)32-28(35)25-15-13-23(14-16-25)24-17-19-34(20-18-24)30(37)38-21-22-9-5-4-6-10-22;1-23(2,3)29-22(28)26-20-7-5-4-6-19(20)25-21(27)18-10-8-16(9-11-18)17-12-14-24-15-13-17/h4-17H,18-21H2,1-3H3,(H,32,35)(H,33,36);4-11,17,24H,12-15H2,1-3H3,(H,25,27)(H,26,28). The third-order valence-electron chi connectivity index (χ3n) is 10.8. The van der Waals surface area contributed by atoms with E-state index in [1.54, 1.807) is 107 Å². The molecule has 7 rings (SSSR count). The summed E-state index contributed by atoms with van der Waals surface area (Å²) in [6, 6.07) is 38.7. The van der Waals surface area contributed by atoms with Gasteiger partial charge in [0, 0.05) is 24.2 Å². The first kappa shape index (κ1) is 50.0. The fourth-order valence-electron chi connectivity index (χ4n) is 7.42. The van der Waals surface area contributed by atoms with Crippen LogP contribution < -0.4 is 26.6 Å². The predicted molar refractivity (Wildman–Crippen MR) is 267 cm³/mol. The second-order valence-corrected chi connectivity index (χ2v) is 18.4. The number of carbonyl (C=O) groups is 5. The van der Waals surface area contributed by atoms with Crippen LogP contribution in [0.1, 0.15) is 104 Å². The third-order valence-corrected chi connectivity index (χ3v) is 10.8. The van der Waals surface area contributed by atoms with Crippen molar-refractivity contribution in [2.45, 2.75) is 84.5 Å². The Hall–Kier alpha value is -7.45. The van der Waals surface area contributed by atoms with Crippen LogP contribution in [0.3, 0.4) is 0 Å². The van der Waals surface area contributed by atoms with E-state index in [2.05, 4.69) is 26.6 Å². The lowest BCUT2D eigenvalue weighted by Crippen LogP contribution is -2.35. The SMILES string of the molecule is CC(C)(C)OC(=O)Nc1ccccc1NC(=O)c1ccc(C2=CCN(C(=O)OCc3ccccc3)CC2)cc1.CC(C)(C)OC(=O)Nc1ccccc1NC(=O)c1ccc(C2CCNCC2)cc1. The van der Waals surface area contributed by atoms with Gasteiger partial charge in [-0.1, -0.05) is 84.9 Å². The summed E-state index contributed by atoms with van der Waals surface area (Å²) in [5.41, 5.74) is 6.07. The van der Waals surface area contributed by atoms with Crippen LogP contribution >= 0.6 is 0 Å². The van der Waals surface area contributed by atoms with Crippen molar-refractivity contribution in [3.05, 3.63) is 161 Å². The van der Waals surface area contributed by atoms with Crippen LogP contribution in [-0.4, -0.2) is 72.4 Å². The van der Waals surface area contributed by atoms with Gasteiger partial charge in [-0.15, -0.1) is 0 Å². The molecular formula is C54H62N6O8. The van der Waals surface area contributed by atoms with Crippen molar-refractivity contribution >= 4 is 58.4 Å². The zero-order valence-electron chi connectivity index (χ0n) is 39.6. The van der Waals surface area contributed by atoms with Crippen molar-refractivity contribution in [2.24, 2.45) is 0 Å². The van der Waals surface area contributed by atoms with Crippen molar-refractivity contribution in [1.82, 2.24) is 10.2 Å². The number of piperidine rings is 1. The van der Waals surface area contributed by atoms with Crippen LogP contribution in [0, 0.1) is 0 Å². The van der Waals surface area contributed by atoms with Crippen molar-refractivity contribution in [1.29, 1.82) is 0 Å². The van der Waals surface area contributed by atoms with Gasteiger partial charge >= 0.3 is 18.3 Å². The Morgan fingerprint density at radius 2 is 1.04 bits per heavy atom. The Balaban J connectivity index is 0.000000234. The molecule has 2 aliphatic heterocycles. The van der Waals surface area contributed by atoms with E-state index in [4.69, 9.17) is 14.2 Å². The molecule has 14 heteroatoms. The van der Waals surface area contributed by atoms with E-state index < -0.39 is 23.4 Å². The molecule has 68 heavy (non-hydrogen) atoms. The smallest absolute Gasteiger partial charge is 0.412 e. The van der Waals surface area contributed by atoms with Crippen molar-refractivity contribution < 1.29 is 38.2 Å². The zero-order valence-corrected chi connectivity index (χ0v) is 39.6. The Bertz CT molecular complexity index is 2540. The number of rotatable bonds is 10. The van der Waals surface area contributed by atoms with Gasteiger partial charge in [0.05, 0.1) is 22.7 Å². The Labute approximate surface area is 398 Å². The van der Waals surface area contributed by atoms with Gasteiger partial charge in [0.2, 0.25) is 0 Å². The molecule has 2 aliphatic rings. The Morgan fingerprint density at radius 1 is 0.588 bits per heavy atom. The van der Waals surface area contributed by atoms with Crippen LogP contribution in [0.2, 0.25) is 0 Å². The van der Waals surface area contributed by atoms with Crippen molar-refractivity contribution in [2.75, 3.05) is 47.4 Å². The zero-order chi connectivity index (χ0) is 48.7. The molecule has 0 aliphatic carbocycles. The molecule has 0 radical (unpaired) electrons. The molecule has 1 fully saturated rings. The normalized spacial score (nSPS) is 13.9. The lowest BCUT2D eigenvalue weighted by molar-refractivity contribution is 0.0624. The minimum Gasteiger partial charge on any atom is -0.445 e. The number of anilines is 4. The molecule has 0 spiro atoms. The molecule has 5 aromatic carbocycles. The summed E-state index contributed by atoms with van der Waals surface area (Å²) in [5, 5.41) is 14.5. The summed E-state index contributed by atoms with van der Waals surface area (Å²) in [6.07, 6.45) is 3.45. The number of hydrogen-bond acceptors (Lipinski definition) is 9. The summed E-state index contributed by atoms with van der Waals surface area (Å²) in [6.45, 7) is 14.1. The molecule has 5 N–H and O–H groups in total.